The van der Waals surface area contributed by atoms with Crippen molar-refractivity contribution in [3.05, 3.63) is 30.3 Å². The molecule has 13 heavy (non-hydrogen) atoms. The van der Waals surface area contributed by atoms with E-state index < -0.39 is 9.04 Å². The number of para-hydroxylation sites is 1. The van der Waals surface area contributed by atoms with Gasteiger partial charge in [0.2, 0.25) is 0 Å². The van der Waals surface area contributed by atoms with E-state index in [-0.39, 0.29) is 0 Å². The molecule has 3 heteroatoms. The van der Waals surface area contributed by atoms with Gasteiger partial charge in [-0.3, -0.25) is 0 Å². The molecule has 0 saturated carbocycles. The van der Waals surface area contributed by atoms with Crippen LogP contribution in [-0.2, 0) is 4.43 Å². The Hall–Kier alpha value is -0.803. The van der Waals surface area contributed by atoms with Crippen LogP contribution in [0, 0.1) is 0 Å². The van der Waals surface area contributed by atoms with E-state index in [4.69, 9.17) is 9.16 Å². The number of ether oxygens (including phenoxy) is 1. The largest absolute Gasteiger partial charge is 0.469 e. The van der Waals surface area contributed by atoms with Gasteiger partial charge in [0.25, 0.3) is 0 Å². The fourth-order valence-electron chi connectivity index (χ4n) is 0.853. The molecule has 0 aliphatic carbocycles. The summed E-state index contributed by atoms with van der Waals surface area (Å²) in [5, 5.41) is 0. The lowest BCUT2D eigenvalue weighted by molar-refractivity contribution is 0.119. The molecule has 0 radical (unpaired) electrons. The fraction of sp³-hybridized carbons (Fsp3) is 0.400. The highest BCUT2D eigenvalue weighted by Crippen LogP contribution is 2.08. The van der Waals surface area contributed by atoms with Crippen LogP contribution < -0.4 is 4.74 Å². The van der Waals surface area contributed by atoms with E-state index in [2.05, 4.69) is 13.5 Å². The van der Waals surface area contributed by atoms with Crippen molar-refractivity contribution in [3.8, 4) is 5.75 Å². The third-order valence-electron chi connectivity index (χ3n) is 1.90. The third kappa shape index (κ3) is 4.10. The molecule has 0 aliphatic heterocycles. The predicted molar refractivity (Wildman–Crippen MR) is 56.5 cm³/mol. The van der Waals surface area contributed by atoms with Crippen molar-refractivity contribution in [3.63, 3.8) is 0 Å². The molecule has 1 rings (SSSR count). The smallest absolute Gasteiger partial charge is 0.179 e. The lowest BCUT2D eigenvalue weighted by Gasteiger charge is -2.10. The average Bonchev–Trinajstić information content (AvgIpc) is 2.19. The van der Waals surface area contributed by atoms with E-state index in [1.54, 1.807) is 0 Å². The predicted octanol–water partition coefficient (Wildman–Crippen LogP) is 2.41. The van der Waals surface area contributed by atoms with Crippen LogP contribution in [0.5, 0.6) is 5.75 Å². The van der Waals surface area contributed by atoms with Crippen molar-refractivity contribution < 1.29 is 9.16 Å². The lowest BCUT2D eigenvalue weighted by Crippen LogP contribution is -2.15. The Balaban J connectivity index is 2.20. The van der Waals surface area contributed by atoms with E-state index >= 15 is 0 Å². The van der Waals surface area contributed by atoms with Gasteiger partial charge < -0.3 is 9.16 Å². The van der Waals surface area contributed by atoms with Gasteiger partial charge in [-0.1, -0.05) is 25.1 Å². The molecular formula is C10H16O2Si. The zero-order valence-corrected chi connectivity index (χ0v) is 9.35. The molecule has 0 aliphatic rings. The molecule has 0 amide bonds. The molecule has 0 N–H and O–H groups in total. The SMILES string of the molecule is CC[SiH](C)OCOc1ccccc1. The fourth-order valence-corrected chi connectivity index (χ4v) is 1.39. The van der Waals surface area contributed by atoms with E-state index in [0.29, 0.717) is 6.79 Å². The van der Waals surface area contributed by atoms with Gasteiger partial charge in [0, 0.05) is 0 Å². The van der Waals surface area contributed by atoms with Crippen LogP contribution in [0.4, 0.5) is 0 Å². The number of rotatable bonds is 5. The summed E-state index contributed by atoms with van der Waals surface area (Å²) in [6.07, 6.45) is 0. The summed E-state index contributed by atoms with van der Waals surface area (Å²) in [6, 6.07) is 10.9. The second-order valence-corrected chi connectivity index (χ2v) is 5.73. The molecule has 2 nitrogen and oxygen atoms in total. The molecular weight excluding hydrogens is 180 g/mol. The van der Waals surface area contributed by atoms with E-state index in [9.17, 15) is 0 Å². The van der Waals surface area contributed by atoms with Gasteiger partial charge in [-0.05, 0) is 24.7 Å². The van der Waals surface area contributed by atoms with Crippen molar-refractivity contribution in [2.75, 3.05) is 6.79 Å². The first-order chi connectivity index (χ1) is 6.33. The molecule has 0 heterocycles. The Morgan fingerprint density at radius 2 is 1.92 bits per heavy atom. The van der Waals surface area contributed by atoms with Crippen LogP contribution in [0.25, 0.3) is 0 Å². The quantitative estimate of drug-likeness (QED) is 0.532. The van der Waals surface area contributed by atoms with Gasteiger partial charge in [0.05, 0.1) is 0 Å². The summed E-state index contributed by atoms with van der Waals surface area (Å²) in [7, 11) is -0.948. The monoisotopic (exact) mass is 196 g/mol. The maximum Gasteiger partial charge on any atom is 0.179 e. The minimum atomic E-state index is -0.948. The van der Waals surface area contributed by atoms with Crippen LogP contribution in [-0.4, -0.2) is 15.8 Å². The van der Waals surface area contributed by atoms with Gasteiger partial charge in [0.1, 0.15) is 5.75 Å². The van der Waals surface area contributed by atoms with E-state index in [1.807, 2.05) is 30.3 Å². The van der Waals surface area contributed by atoms with Crippen LogP contribution in [0.1, 0.15) is 6.92 Å². The van der Waals surface area contributed by atoms with E-state index in [0.717, 1.165) is 11.8 Å². The Labute approximate surface area is 81.2 Å². The number of hydrogen-bond donors (Lipinski definition) is 0. The average molecular weight is 196 g/mol. The summed E-state index contributed by atoms with van der Waals surface area (Å²) < 4.78 is 10.9. The van der Waals surface area contributed by atoms with Gasteiger partial charge in [-0.25, -0.2) is 0 Å². The maximum atomic E-state index is 5.51. The maximum absolute atomic E-state index is 5.51. The summed E-state index contributed by atoms with van der Waals surface area (Å²) >= 11 is 0. The molecule has 1 atom stereocenters. The molecule has 0 saturated heterocycles. The number of hydrogen-bond acceptors (Lipinski definition) is 2. The third-order valence-corrected chi connectivity index (χ3v) is 3.75. The van der Waals surface area contributed by atoms with Crippen LogP contribution in [0.15, 0.2) is 30.3 Å². The highest BCUT2D eigenvalue weighted by molar-refractivity contribution is 6.49. The Kier molecular flexibility index (Phi) is 4.57. The minimum Gasteiger partial charge on any atom is -0.469 e. The van der Waals surface area contributed by atoms with Crippen molar-refractivity contribution in [1.82, 2.24) is 0 Å². The molecule has 0 spiro atoms. The second-order valence-electron chi connectivity index (χ2n) is 2.96. The summed E-state index contributed by atoms with van der Waals surface area (Å²) in [5.41, 5.74) is 0. The molecule has 1 aromatic rings. The topological polar surface area (TPSA) is 18.5 Å². The number of benzene rings is 1. The van der Waals surface area contributed by atoms with Crippen LogP contribution in [0.3, 0.4) is 0 Å². The molecule has 0 aromatic heterocycles. The zero-order valence-electron chi connectivity index (χ0n) is 8.19. The van der Waals surface area contributed by atoms with Gasteiger partial charge in [-0.2, -0.15) is 0 Å². The van der Waals surface area contributed by atoms with Crippen LogP contribution in [0.2, 0.25) is 12.6 Å². The standard InChI is InChI=1S/C10H16O2Si/c1-3-13(2)12-9-11-10-7-5-4-6-8-10/h4-8,13H,3,9H2,1-2H3. The Bertz CT molecular complexity index is 226. The minimum absolute atomic E-state index is 0.394. The molecule has 0 bridgehead atoms. The molecule has 72 valence electrons. The van der Waals surface area contributed by atoms with Gasteiger partial charge >= 0.3 is 0 Å². The van der Waals surface area contributed by atoms with Crippen molar-refractivity contribution >= 4 is 9.04 Å². The molecule has 0 fully saturated rings. The first kappa shape index (κ1) is 10.3. The highest BCUT2D eigenvalue weighted by atomic mass is 28.3. The normalized spacial score (nSPS) is 12.5. The first-order valence-corrected chi connectivity index (χ1v) is 7.06. The summed E-state index contributed by atoms with van der Waals surface area (Å²) in [5.74, 6) is 0.875. The lowest BCUT2D eigenvalue weighted by atomic mass is 10.3. The summed E-state index contributed by atoms with van der Waals surface area (Å²) in [4.78, 5) is 0. The van der Waals surface area contributed by atoms with Crippen molar-refractivity contribution in [1.29, 1.82) is 0 Å². The Morgan fingerprint density at radius 1 is 1.23 bits per heavy atom. The summed E-state index contributed by atoms with van der Waals surface area (Å²) in [6.45, 7) is 4.72. The molecule has 1 aromatic carbocycles. The van der Waals surface area contributed by atoms with Gasteiger partial charge in [-0.15, -0.1) is 0 Å². The van der Waals surface area contributed by atoms with Crippen molar-refractivity contribution in [2.24, 2.45) is 0 Å². The first-order valence-electron chi connectivity index (χ1n) is 4.62. The highest BCUT2D eigenvalue weighted by Gasteiger charge is 2.00. The van der Waals surface area contributed by atoms with E-state index in [1.165, 1.54) is 0 Å². The zero-order chi connectivity index (χ0) is 9.52. The van der Waals surface area contributed by atoms with Crippen molar-refractivity contribution in [2.45, 2.75) is 19.5 Å². The van der Waals surface area contributed by atoms with Gasteiger partial charge in [0.15, 0.2) is 15.8 Å². The second kappa shape index (κ2) is 5.78. The molecule has 1 unspecified atom stereocenters. The van der Waals surface area contributed by atoms with Crippen LogP contribution >= 0.6 is 0 Å². The Morgan fingerprint density at radius 3 is 2.54 bits per heavy atom.